The average molecular weight is 378 g/mol. The molecule has 7 nitrogen and oxygen atoms in total. The van der Waals surface area contributed by atoms with Crippen LogP contribution in [0.15, 0.2) is 35.2 Å². The van der Waals surface area contributed by atoms with Gasteiger partial charge in [-0.1, -0.05) is 12.1 Å². The second-order valence-corrected chi connectivity index (χ2v) is 8.28. The Balaban J connectivity index is 2.44. The monoisotopic (exact) mass is 378 g/mol. The largest absolute Gasteiger partial charge is 0.496 e. The Morgan fingerprint density at radius 1 is 1.15 bits per heavy atom. The molecule has 8 heteroatoms. The van der Waals surface area contributed by atoms with Crippen LogP contribution in [0.3, 0.4) is 0 Å². The summed E-state index contributed by atoms with van der Waals surface area (Å²) in [5.41, 5.74) is 3.13. The van der Waals surface area contributed by atoms with Gasteiger partial charge in [-0.05, 0) is 36.6 Å². The highest BCUT2D eigenvalue weighted by Gasteiger charge is 2.21. The second kappa shape index (κ2) is 7.33. The second-order valence-electron chi connectivity index (χ2n) is 6.30. The van der Waals surface area contributed by atoms with Crippen molar-refractivity contribution in [1.82, 2.24) is 0 Å². The third-order valence-electron chi connectivity index (χ3n) is 4.11. The smallest absolute Gasteiger partial charge is 0.270 e. The number of nitrogens with zero attached hydrogens (tertiary/aromatic N) is 2. The predicted octanol–water partition coefficient (Wildman–Crippen LogP) is 3.26. The lowest BCUT2D eigenvalue weighted by atomic mass is 10.1. The van der Waals surface area contributed by atoms with Crippen LogP contribution in [0.1, 0.15) is 16.7 Å². The molecule has 0 amide bonds. The van der Waals surface area contributed by atoms with E-state index in [0.717, 1.165) is 34.8 Å². The Morgan fingerprint density at radius 3 is 2.19 bits per heavy atom. The van der Waals surface area contributed by atoms with E-state index in [4.69, 9.17) is 4.74 Å². The Hall–Kier alpha value is -2.61. The van der Waals surface area contributed by atoms with E-state index in [2.05, 4.69) is 0 Å². The number of methoxy groups -OCH3 is 1. The Morgan fingerprint density at radius 2 is 1.73 bits per heavy atom. The number of anilines is 1. The van der Waals surface area contributed by atoms with E-state index in [9.17, 15) is 18.5 Å². The molecule has 2 rings (SSSR count). The first kappa shape index (κ1) is 19.7. The minimum absolute atomic E-state index is 0.0591. The Kier molecular flexibility index (Phi) is 5.56. The molecule has 0 atom stereocenters. The maximum atomic E-state index is 12.1. The number of ether oxygens (including phenoxy) is 1. The van der Waals surface area contributed by atoms with E-state index in [0.29, 0.717) is 12.2 Å². The fraction of sp³-hybridized carbons (Fsp3) is 0.333. The zero-order valence-corrected chi connectivity index (χ0v) is 16.3. The van der Waals surface area contributed by atoms with E-state index < -0.39 is 14.8 Å². The van der Waals surface area contributed by atoms with Gasteiger partial charge >= 0.3 is 0 Å². The van der Waals surface area contributed by atoms with E-state index >= 15 is 0 Å². The van der Waals surface area contributed by atoms with Crippen LogP contribution < -0.4 is 9.64 Å². The first-order valence-corrected chi connectivity index (χ1v) is 9.77. The summed E-state index contributed by atoms with van der Waals surface area (Å²) in [7, 11) is -0.244. The molecule has 0 radical (unpaired) electrons. The van der Waals surface area contributed by atoms with Gasteiger partial charge in [0, 0.05) is 32.0 Å². The van der Waals surface area contributed by atoms with Crippen molar-refractivity contribution in [3.8, 4) is 5.75 Å². The SMILES string of the molecule is COc1c(C)cc(CN(C)c2ccc([N+](=O)[O-])cc2S(C)(=O)=O)cc1C. The third kappa shape index (κ3) is 4.13. The lowest BCUT2D eigenvalue weighted by molar-refractivity contribution is -0.385. The van der Waals surface area contributed by atoms with Crippen molar-refractivity contribution in [3.05, 3.63) is 57.1 Å². The first-order valence-electron chi connectivity index (χ1n) is 7.88. The predicted molar refractivity (Wildman–Crippen MR) is 101 cm³/mol. The number of non-ortho nitro benzene ring substituents is 1. The Bertz CT molecular complexity index is 931. The molecular weight excluding hydrogens is 356 g/mol. The zero-order chi connectivity index (χ0) is 19.6. The van der Waals surface area contributed by atoms with Crippen LogP contribution in [0.4, 0.5) is 11.4 Å². The summed E-state index contributed by atoms with van der Waals surface area (Å²) in [5, 5.41) is 11.0. The molecule has 0 fully saturated rings. The number of hydrogen-bond acceptors (Lipinski definition) is 6. The van der Waals surface area contributed by atoms with Gasteiger partial charge in [0.05, 0.1) is 22.6 Å². The number of aryl methyl sites for hydroxylation is 2. The summed E-state index contributed by atoms with van der Waals surface area (Å²) in [4.78, 5) is 12.1. The van der Waals surface area contributed by atoms with Gasteiger partial charge in [-0.15, -0.1) is 0 Å². The van der Waals surface area contributed by atoms with Crippen LogP contribution in [0.2, 0.25) is 0 Å². The Labute approximate surface area is 153 Å². The maximum Gasteiger partial charge on any atom is 0.270 e. The van der Waals surface area contributed by atoms with Crippen LogP contribution >= 0.6 is 0 Å². The minimum Gasteiger partial charge on any atom is -0.496 e. The summed E-state index contributed by atoms with van der Waals surface area (Å²) < 4.78 is 29.6. The van der Waals surface area contributed by atoms with Gasteiger partial charge in [0.1, 0.15) is 5.75 Å². The summed E-state index contributed by atoms with van der Waals surface area (Å²) >= 11 is 0. The van der Waals surface area contributed by atoms with Crippen LogP contribution in [0.25, 0.3) is 0 Å². The van der Waals surface area contributed by atoms with Crippen molar-refractivity contribution in [2.24, 2.45) is 0 Å². The maximum absolute atomic E-state index is 12.1. The van der Waals surface area contributed by atoms with Crippen molar-refractivity contribution in [1.29, 1.82) is 0 Å². The fourth-order valence-corrected chi connectivity index (χ4v) is 3.98. The van der Waals surface area contributed by atoms with Crippen molar-refractivity contribution in [2.75, 3.05) is 25.3 Å². The van der Waals surface area contributed by atoms with Gasteiger partial charge in [0.2, 0.25) is 0 Å². The molecular formula is C18H22N2O5S. The average Bonchev–Trinajstić information content (AvgIpc) is 2.53. The van der Waals surface area contributed by atoms with Gasteiger partial charge in [0.25, 0.3) is 5.69 Å². The molecule has 26 heavy (non-hydrogen) atoms. The van der Waals surface area contributed by atoms with E-state index in [1.807, 2.05) is 26.0 Å². The summed E-state index contributed by atoms with van der Waals surface area (Å²) in [6.07, 6.45) is 1.05. The lowest BCUT2D eigenvalue weighted by Crippen LogP contribution is -2.19. The van der Waals surface area contributed by atoms with Crippen LogP contribution in [-0.4, -0.2) is 33.8 Å². The molecule has 2 aromatic rings. The topological polar surface area (TPSA) is 89.8 Å². The highest BCUT2D eigenvalue weighted by atomic mass is 32.2. The number of hydrogen-bond donors (Lipinski definition) is 0. The molecule has 0 aromatic heterocycles. The summed E-state index contributed by atoms with van der Waals surface area (Å²) in [5.74, 6) is 0.823. The van der Waals surface area contributed by atoms with E-state index in [1.165, 1.54) is 12.1 Å². The highest BCUT2D eigenvalue weighted by molar-refractivity contribution is 7.90. The number of benzene rings is 2. The molecule has 0 aliphatic rings. The molecule has 0 unspecified atom stereocenters. The van der Waals surface area contributed by atoms with E-state index in [1.54, 1.807) is 19.1 Å². The third-order valence-corrected chi connectivity index (χ3v) is 5.23. The standard InChI is InChI=1S/C18H22N2O5S/c1-12-8-14(9-13(2)18(12)25-4)11-19(3)16-7-6-15(20(21)22)10-17(16)26(5,23)24/h6-10H,11H2,1-5H3. The quantitative estimate of drug-likeness (QED) is 0.566. The lowest BCUT2D eigenvalue weighted by Gasteiger charge is -2.23. The molecule has 0 N–H and O–H groups in total. The summed E-state index contributed by atoms with van der Waals surface area (Å²) in [6.45, 7) is 4.35. The van der Waals surface area contributed by atoms with Crippen LogP contribution in [0, 0.1) is 24.0 Å². The fourth-order valence-electron chi connectivity index (χ4n) is 3.04. The van der Waals surface area contributed by atoms with Crippen LogP contribution in [-0.2, 0) is 16.4 Å². The number of sulfone groups is 1. The van der Waals surface area contributed by atoms with Crippen molar-refractivity contribution in [2.45, 2.75) is 25.3 Å². The molecule has 0 aliphatic carbocycles. The molecule has 0 heterocycles. The van der Waals surface area contributed by atoms with Gasteiger partial charge in [-0.25, -0.2) is 8.42 Å². The molecule has 0 saturated carbocycles. The minimum atomic E-state index is -3.62. The zero-order valence-electron chi connectivity index (χ0n) is 15.4. The molecule has 0 spiro atoms. The van der Waals surface area contributed by atoms with Crippen molar-refractivity contribution >= 4 is 21.2 Å². The summed E-state index contributed by atoms with van der Waals surface area (Å²) in [6, 6.07) is 7.84. The molecule has 2 aromatic carbocycles. The first-order chi connectivity index (χ1) is 12.0. The van der Waals surface area contributed by atoms with Gasteiger partial charge in [0.15, 0.2) is 9.84 Å². The highest BCUT2D eigenvalue weighted by Crippen LogP contribution is 2.31. The number of nitro groups is 1. The molecule has 140 valence electrons. The number of nitro benzene ring substituents is 1. The van der Waals surface area contributed by atoms with E-state index in [-0.39, 0.29) is 10.6 Å². The van der Waals surface area contributed by atoms with Crippen molar-refractivity contribution in [3.63, 3.8) is 0 Å². The number of rotatable bonds is 6. The van der Waals surface area contributed by atoms with Gasteiger partial charge in [-0.2, -0.15) is 0 Å². The normalized spacial score (nSPS) is 11.3. The van der Waals surface area contributed by atoms with Gasteiger partial charge in [-0.3, -0.25) is 10.1 Å². The van der Waals surface area contributed by atoms with Crippen LogP contribution in [0.5, 0.6) is 5.75 Å². The molecule has 0 aliphatic heterocycles. The van der Waals surface area contributed by atoms with Crippen molar-refractivity contribution < 1.29 is 18.1 Å². The molecule has 0 saturated heterocycles. The molecule has 0 bridgehead atoms. The van der Waals surface area contributed by atoms with Gasteiger partial charge < -0.3 is 9.64 Å².